The van der Waals surface area contributed by atoms with Crippen LogP contribution in [0.5, 0.6) is 0 Å². The van der Waals surface area contributed by atoms with Gasteiger partial charge in [0.05, 0.1) is 5.69 Å². The maximum Gasteiger partial charge on any atom is 0.251 e. The van der Waals surface area contributed by atoms with Crippen molar-refractivity contribution < 1.29 is 4.79 Å². The molecular weight excluding hydrogens is 362 g/mol. The molecule has 0 fully saturated rings. The number of nitrogens with two attached hydrogens (primary N) is 1. The van der Waals surface area contributed by atoms with Gasteiger partial charge in [0.15, 0.2) is 0 Å². The molecule has 0 spiro atoms. The first-order valence-corrected chi connectivity index (χ1v) is 10.2. The highest BCUT2D eigenvalue weighted by molar-refractivity contribution is 5.95. The number of nitrogens with one attached hydrogen (secondary N) is 2. The van der Waals surface area contributed by atoms with Crippen LogP contribution in [-0.2, 0) is 6.54 Å². The van der Waals surface area contributed by atoms with Gasteiger partial charge >= 0.3 is 0 Å². The standard InChI is InChI=1S/C23H27N5O/c24-12-13-25-23(29)19-11-14-28-20(15-19)27-21(18-9-5-2-6-10-18)22(28)26-16-17-7-3-1-4-8-17/h1-5,7-8,11,14-15,18,26H,6,9-10,12-13,16,24H2,(H,25,29). The zero-order chi connectivity index (χ0) is 20.1. The fourth-order valence-electron chi connectivity index (χ4n) is 3.78. The Balaban J connectivity index is 1.67. The lowest BCUT2D eigenvalue weighted by Crippen LogP contribution is -2.29. The normalized spacial score (nSPS) is 16.1. The number of carbonyl (C=O) groups is 1. The van der Waals surface area contributed by atoms with Gasteiger partial charge < -0.3 is 16.4 Å². The molecule has 1 atom stereocenters. The number of carbonyl (C=O) groups excluding carboxylic acids is 1. The molecule has 0 saturated heterocycles. The van der Waals surface area contributed by atoms with E-state index in [0.29, 0.717) is 24.6 Å². The van der Waals surface area contributed by atoms with E-state index in [0.717, 1.165) is 43.0 Å². The summed E-state index contributed by atoms with van der Waals surface area (Å²) in [6, 6.07) is 14.0. The predicted molar refractivity (Wildman–Crippen MR) is 116 cm³/mol. The third-order valence-electron chi connectivity index (χ3n) is 5.30. The number of hydrogen-bond acceptors (Lipinski definition) is 4. The van der Waals surface area contributed by atoms with Crippen molar-refractivity contribution in [1.29, 1.82) is 0 Å². The van der Waals surface area contributed by atoms with Crippen molar-refractivity contribution in [3.63, 3.8) is 0 Å². The first-order chi connectivity index (χ1) is 14.3. The van der Waals surface area contributed by atoms with Crippen LogP contribution in [0, 0.1) is 0 Å². The summed E-state index contributed by atoms with van der Waals surface area (Å²) in [6.07, 6.45) is 9.56. The summed E-state index contributed by atoms with van der Waals surface area (Å²) in [4.78, 5) is 17.3. The number of allylic oxidation sites excluding steroid dienone is 2. The maximum absolute atomic E-state index is 12.3. The van der Waals surface area contributed by atoms with Crippen LogP contribution in [0.15, 0.2) is 60.8 Å². The molecule has 150 valence electrons. The fraction of sp³-hybridized carbons (Fsp3) is 0.304. The Morgan fingerprint density at radius 2 is 2.07 bits per heavy atom. The Hall–Kier alpha value is -3.12. The van der Waals surface area contributed by atoms with Gasteiger partial charge in [-0.3, -0.25) is 9.20 Å². The maximum atomic E-state index is 12.3. The van der Waals surface area contributed by atoms with Gasteiger partial charge in [-0.05, 0) is 37.0 Å². The van der Waals surface area contributed by atoms with Crippen LogP contribution in [0.3, 0.4) is 0 Å². The van der Waals surface area contributed by atoms with Crippen LogP contribution >= 0.6 is 0 Å². The Bertz CT molecular complexity index is 1010. The van der Waals surface area contributed by atoms with Crippen LogP contribution in [0.25, 0.3) is 5.65 Å². The lowest BCUT2D eigenvalue weighted by atomic mass is 9.91. The number of aromatic nitrogens is 2. The van der Waals surface area contributed by atoms with E-state index in [1.807, 2.05) is 36.5 Å². The number of rotatable bonds is 7. The fourth-order valence-corrected chi connectivity index (χ4v) is 3.78. The van der Waals surface area contributed by atoms with Crippen LogP contribution in [0.1, 0.15) is 46.8 Å². The number of anilines is 1. The SMILES string of the molecule is NCCNC(=O)c1ccn2c(NCc3ccccc3)c(C3CC=CCC3)nc2c1. The summed E-state index contributed by atoms with van der Waals surface area (Å²) < 4.78 is 2.05. The van der Waals surface area contributed by atoms with Crippen molar-refractivity contribution in [2.75, 3.05) is 18.4 Å². The van der Waals surface area contributed by atoms with Gasteiger partial charge in [0.25, 0.3) is 5.91 Å². The Kier molecular flexibility index (Phi) is 5.91. The molecule has 6 nitrogen and oxygen atoms in total. The number of benzene rings is 1. The van der Waals surface area contributed by atoms with E-state index in [9.17, 15) is 4.79 Å². The van der Waals surface area contributed by atoms with Crippen molar-refractivity contribution in [1.82, 2.24) is 14.7 Å². The first kappa shape index (κ1) is 19.2. The van der Waals surface area contributed by atoms with E-state index in [1.165, 1.54) is 5.56 Å². The van der Waals surface area contributed by atoms with Crippen molar-refractivity contribution in [2.24, 2.45) is 5.73 Å². The second-order valence-electron chi connectivity index (χ2n) is 7.35. The molecule has 3 aromatic rings. The average molecular weight is 390 g/mol. The van der Waals surface area contributed by atoms with E-state index >= 15 is 0 Å². The lowest BCUT2D eigenvalue weighted by molar-refractivity contribution is 0.0954. The summed E-state index contributed by atoms with van der Waals surface area (Å²) in [5.74, 6) is 1.27. The Labute approximate surface area is 170 Å². The molecule has 1 amide bonds. The zero-order valence-electron chi connectivity index (χ0n) is 16.5. The average Bonchev–Trinajstić information content (AvgIpc) is 3.15. The predicted octanol–water partition coefficient (Wildman–Crippen LogP) is 3.46. The van der Waals surface area contributed by atoms with Gasteiger partial charge in [-0.1, -0.05) is 42.5 Å². The smallest absolute Gasteiger partial charge is 0.251 e. The van der Waals surface area contributed by atoms with E-state index < -0.39 is 0 Å². The highest BCUT2D eigenvalue weighted by atomic mass is 16.1. The van der Waals surface area contributed by atoms with Crippen LogP contribution in [0.2, 0.25) is 0 Å². The molecular formula is C23H27N5O. The van der Waals surface area contributed by atoms with E-state index in [4.69, 9.17) is 10.7 Å². The molecule has 2 heterocycles. The zero-order valence-corrected chi connectivity index (χ0v) is 16.5. The van der Waals surface area contributed by atoms with Gasteiger partial charge in [-0.25, -0.2) is 4.98 Å². The third-order valence-corrected chi connectivity index (χ3v) is 5.30. The molecule has 0 aliphatic heterocycles. The van der Waals surface area contributed by atoms with E-state index in [-0.39, 0.29) is 5.91 Å². The number of hydrogen-bond donors (Lipinski definition) is 3. The van der Waals surface area contributed by atoms with E-state index in [1.54, 1.807) is 0 Å². The summed E-state index contributed by atoms with van der Waals surface area (Å²) in [6.45, 7) is 1.61. The number of pyridine rings is 1. The molecule has 0 bridgehead atoms. The van der Waals surface area contributed by atoms with Gasteiger partial charge in [-0.2, -0.15) is 0 Å². The summed E-state index contributed by atoms with van der Waals surface area (Å²) >= 11 is 0. The molecule has 4 N–H and O–H groups in total. The topological polar surface area (TPSA) is 84.5 Å². The van der Waals surface area contributed by atoms with Crippen LogP contribution < -0.4 is 16.4 Å². The summed E-state index contributed by atoms with van der Waals surface area (Å²) in [7, 11) is 0. The quantitative estimate of drug-likeness (QED) is 0.540. The lowest BCUT2D eigenvalue weighted by Gasteiger charge is -2.18. The van der Waals surface area contributed by atoms with Crippen molar-refractivity contribution in [2.45, 2.75) is 31.7 Å². The summed E-state index contributed by atoms with van der Waals surface area (Å²) in [5.41, 5.74) is 9.16. The minimum absolute atomic E-state index is 0.123. The largest absolute Gasteiger partial charge is 0.366 e. The monoisotopic (exact) mass is 389 g/mol. The van der Waals surface area contributed by atoms with Crippen LogP contribution in [0.4, 0.5) is 5.82 Å². The first-order valence-electron chi connectivity index (χ1n) is 10.2. The third kappa shape index (κ3) is 4.32. The molecule has 6 heteroatoms. The van der Waals surface area contributed by atoms with Crippen molar-refractivity contribution in [3.05, 3.63) is 77.6 Å². The minimum Gasteiger partial charge on any atom is -0.366 e. The molecule has 1 unspecified atom stereocenters. The van der Waals surface area contributed by atoms with Gasteiger partial charge in [0, 0.05) is 37.3 Å². The van der Waals surface area contributed by atoms with Crippen molar-refractivity contribution in [3.8, 4) is 0 Å². The molecule has 1 aliphatic rings. The second-order valence-corrected chi connectivity index (χ2v) is 7.35. The minimum atomic E-state index is -0.123. The second kappa shape index (κ2) is 8.92. The molecule has 4 rings (SSSR count). The Morgan fingerprint density at radius 3 is 2.83 bits per heavy atom. The molecule has 0 radical (unpaired) electrons. The molecule has 2 aromatic heterocycles. The number of amides is 1. The van der Waals surface area contributed by atoms with Gasteiger partial charge in [0.2, 0.25) is 0 Å². The highest BCUT2D eigenvalue weighted by Crippen LogP contribution is 2.34. The molecule has 1 aromatic carbocycles. The molecule has 1 aliphatic carbocycles. The van der Waals surface area contributed by atoms with E-state index in [2.05, 4.69) is 39.3 Å². The molecule has 0 saturated carbocycles. The van der Waals surface area contributed by atoms with Gasteiger partial charge in [-0.15, -0.1) is 0 Å². The summed E-state index contributed by atoms with van der Waals surface area (Å²) in [5, 5.41) is 6.41. The number of imidazole rings is 1. The number of fused-ring (bicyclic) bond motifs is 1. The highest BCUT2D eigenvalue weighted by Gasteiger charge is 2.22. The Morgan fingerprint density at radius 1 is 1.21 bits per heavy atom. The number of nitrogens with zero attached hydrogens (tertiary/aromatic N) is 2. The van der Waals surface area contributed by atoms with Gasteiger partial charge in [0.1, 0.15) is 11.5 Å². The van der Waals surface area contributed by atoms with Crippen LogP contribution in [-0.4, -0.2) is 28.4 Å². The molecule has 29 heavy (non-hydrogen) atoms. The van der Waals surface area contributed by atoms with Crippen molar-refractivity contribution >= 4 is 17.4 Å².